The van der Waals surface area contributed by atoms with E-state index in [2.05, 4.69) is 56.5 Å². The Balaban J connectivity index is 6.84. The van der Waals surface area contributed by atoms with E-state index in [9.17, 15) is 28.8 Å². The summed E-state index contributed by atoms with van der Waals surface area (Å²) in [5, 5.41) is 13.4. The number of aliphatic imine (C=N–C) groups is 6. The fraction of sp³-hybridized carbons (Fsp3) is 0.676. The van der Waals surface area contributed by atoms with Crippen molar-refractivity contribution < 1.29 is 28.8 Å². The van der Waals surface area contributed by atoms with Crippen molar-refractivity contribution in [3.63, 3.8) is 0 Å². The van der Waals surface area contributed by atoms with E-state index >= 15 is 0 Å². The molecule has 386 valence electrons. The fourth-order valence-corrected chi connectivity index (χ4v) is 6.10. The highest BCUT2D eigenvalue weighted by Gasteiger charge is 2.32. The molecule has 0 bridgehead atoms. The number of nitrogens with zero attached hydrogens (tertiary/aromatic N) is 6. The van der Waals surface area contributed by atoms with Crippen LogP contribution in [0.1, 0.15) is 84.0 Å². The zero-order chi connectivity index (χ0) is 51.6. The van der Waals surface area contributed by atoms with Crippen LogP contribution >= 0.6 is 0 Å². The molecule has 68 heavy (non-hydrogen) atoms. The van der Waals surface area contributed by atoms with Crippen molar-refractivity contribution in [2.75, 3.05) is 39.3 Å². The van der Waals surface area contributed by atoms with Gasteiger partial charge in [0.15, 0.2) is 35.8 Å². The monoisotopic (exact) mass is 968 g/mol. The summed E-state index contributed by atoms with van der Waals surface area (Å²) in [7, 11) is 0. The second kappa shape index (κ2) is 34.7. The van der Waals surface area contributed by atoms with Gasteiger partial charge in [0, 0.05) is 45.2 Å². The summed E-state index contributed by atoms with van der Waals surface area (Å²) in [5.41, 5.74) is 67.5. The molecular formula is C37H77N25O6. The van der Waals surface area contributed by atoms with Crippen LogP contribution in [-0.2, 0) is 28.8 Å². The third-order valence-corrected chi connectivity index (χ3v) is 9.57. The first-order valence-corrected chi connectivity index (χ1v) is 21.9. The second-order valence-corrected chi connectivity index (χ2v) is 15.4. The first-order valence-electron chi connectivity index (χ1n) is 21.9. The van der Waals surface area contributed by atoms with Crippen molar-refractivity contribution >= 4 is 71.2 Å². The van der Waals surface area contributed by atoms with E-state index in [1.54, 1.807) is 6.92 Å². The largest absolute Gasteiger partial charge is 0.370 e. The maximum absolute atomic E-state index is 14.2. The standard InChI is InChI=1S/C37H77N25O6/c1-20(8-2-14-51-32(38)39)26(63)57-21(9-3-15-52-33(40)41)27(64)58-22(10-4-16-53-34(42)43)28(65)59-23(11-5-17-54-35(44)45)29(66)60-24(12-6-18-55-36(46)47)30(67)61-25(31(68)62-50)13-7-19-56-37(48)49/h20-25H,2-19,50H2,1H3,(H,57,63)(H,58,64)(H,59,65)(H,60,66)(H,61,67)(H,62,68)(H4,38,39,51)(H4,40,41,52)(H4,42,43,53)(H4,44,45,54)(H4,46,47,55)(H4,48,49,56)/t20-,21-,22-,23-,24-,25-/m0/s1. The minimum absolute atomic E-state index is 0.0391. The molecule has 0 aliphatic rings. The molecule has 6 atom stereocenters. The van der Waals surface area contributed by atoms with Crippen LogP contribution in [0.2, 0.25) is 0 Å². The maximum atomic E-state index is 14.2. The van der Waals surface area contributed by atoms with Crippen LogP contribution < -0.4 is 107 Å². The molecule has 6 amide bonds. The molecular weight excluding hydrogens is 891 g/mol. The van der Waals surface area contributed by atoms with Gasteiger partial charge in [0.05, 0.1) is 0 Å². The third kappa shape index (κ3) is 29.8. The van der Waals surface area contributed by atoms with Crippen molar-refractivity contribution in [3.8, 4) is 0 Å². The van der Waals surface area contributed by atoms with E-state index in [1.807, 2.05) is 5.43 Å². The molecule has 0 heterocycles. The Hall–Kier alpha value is -7.60. The molecule has 0 aromatic heterocycles. The van der Waals surface area contributed by atoms with Gasteiger partial charge >= 0.3 is 0 Å². The Kier molecular flexibility index (Phi) is 30.8. The molecule has 0 aliphatic heterocycles. The number of nitrogens with one attached hydrogen (secondary N) is 6. The van der Waals surface area contributed by atoms with Gasteiger partial charge in [-0.3, -0.25) is 64.1 Å². The van der Waals surface area contributed by atoms with Gasteiger partial charge in [-0.15, -0.1) is 0 Å². The Morgan fingerprint density at radius 2 is 0.515 bits per heavy atom. The van der Waals surface area contributed by atoms with Gasteiger partial charge in [-0.25, -0.2) is 5.84 Å². The summed E-state index contributed by atoms with van der Waals surface area (Å²) in [6, 6.07) is -6.34. The minimum Gasteiger partial charge on any atom is -0.370 e. The lowest BCUT2D eigenvalue weighted by Gasteiger charge is -2.27. The van der Waals surface area contributed by atoms with Gasteiger partial charge in [0.1, 0.15) is 30.2 Å². The Morgan fingerprint density at radius 1 is 0.324 bits per heavy atom. The van der Waals surface area contributed by atoms with Crippen LogP contribution in [0.25, 0.3) is 0 Å². The number of nitrogens with two attached hydrogens (primary N) is 13. The molecule has 0 aromatic rings. The van der Waals surface area contributed by atoms with E-state index in [-0.39, 0.29) is 139 Å². The Morgan fingerprint density at radius 3 is 0.721 bits per heavy atom. The van der Waals surface area contributed by atoms with Crippen molar-refractivity contribution in [2.45, 2.75) is 114 Å². The molecule has 0 fully saturated rings. The zero-order valence-corrected chi connectivity index (χ0v) is 38.8. The first-order chi connectivity index (χ1) is 32.1. The number of hydrogen-bond donors (Lipinski definition) is 19. The molecule has 32 N–H and O–H groups in total. The number of amides is 6. The summed E-state index contributed by atoms with van der Waals surface area (Å²) in [6.07, 6.45) is 1.85. The number of guanidine groups is 6. The predicted octanol–water partition coefficient (Wildman–Crippen LogP) is -8.64. The fourth-order valence-electron chi connectivity index (χ4n) is 6.10. The minimum atomic E-state index is -1.36. The van der Waals surface area contributed by atoms with Crippen molar-refractivity contribution in [3.05, 3.63) is 0 Å². The van der Waals surface area contributed by atoms with Gasteiger partial charge in [-0.1, -0.05) is 6.92 Å². The Bertz CT molecular complexity index is 1760. The molecule has 0 saturated carbocycles. The van der Waals surface area contributed by atoms with E-state index in [4.69, 9.17) is 74.6 Å². The van der Waals surface area contributed by atoms with Crippen LogP contribution in [0.3, 0.4) is 0 Å². The van der Waals surface area contributed by atoms with Gasteiger partial charge in [0.2, 0.25) is 29.5 Å². The summed E-state index contributed by atoms with van der Waals surface area (Å²) < 4.78 is 0. The zero-order valence-electron chi connectivity index (χ0n) is 38.8. The molecule has 31 heteroatoms. The molecule has 0 aliphatic carbocycles. The van der Waals surface area contributed by atoms with Crippen molar-refractivity contribution in [1.82, 2.24) is 32.0 Å². The third-order valence-electron chi connectivity index (χ3n) is 9.57. The number of carbonyl (C=O) groups is 6. The van der Waals surface area contributed by atoms with E-state index in [0.29, 0.717) is 12.8 Å². The van der Waals surface area contributed by atoms with Gasteiger partial charge < -0.3 is 95.4 Å². The quantitative estimate of drug-likeness (QED) is 0.00700. The lowest BCUT2D eigenvalue weighted by Crippen LogP contribution is -2.59. The smallest absolute Gasteiger partial charge is 0.256 e. The van der Waals surface area contributed by atoms with Crippen molar-refractivity contribution in [2.24, 2.45) is 111 Å². The Labute approximate surface area is 395 Å². The summed E-state index contributed by atoms with van der Waals surface area (Å²) in [5.74, 6) is -0.601. The van der Waals surface area contributed by atoms with Crippen LogP contribution in [-0.4, -0.2) is 141 Å². The topological polar surface area (TPSA) is 587 Å². The van der Waals surface area contributed by atoms with Crippen LogP contribution in [0.15, 0.2) is 30.0 Å². The molecule has 0 unspecified atom stereocenters. The highest BCUT2D eigenvalue weighted by atomic mass is 16.2. The predicted molar refractivity (Wildman–Crippen MR) is 261 cm³/mol. The van der Waals surface area contributed by atoms with E-state index < -0.39 is 71.6 Å². The highest BCUT2D eigenvalue weighted by Crippen LogP contribution is 2.11. The normalized spacial score (nSPS) is 13.1. The first kappa shape index (κ1) is 60.4. The molecule has 0 saturated heterocycles. The lowest BCUT2D eigenvalue weighted by atomic mass is 10.0. The second-order valence-electron chi connectivity index (χ2n) is 15.4. The molecule has 0 aromatic carbocycles. The summed E-state index contributed by atoms with van der Waals surface area (Å²) in [6.45, 7) is 2.41. The average molecular weight is 968 g/mol. The average Bonchev–Trinajstić information content (AvgIpc) is 3.26. The number of hydrogen-bond acceptors (Lipinski definition) is 13. The summed E-state index contributed by atoms with van der Waals surface area (Å²) >= 11 is 0. The van der Waals surface area contributed by atoms with Crippen molar-refractivity contribution in [1.29, 1.82) is 0 Å². The van der Waals surface area contributed by atoms with Crippen LogP contribution in [0, 0.1) is 5.92 Å². The highest BCUT2D eigenvalue weighted by molar-refractivity contribution is 5.96. The van der Waals surface area contributed by atoms with E-state index in [1.165, 1.54) is 0 Å². The van der Waals surface area contributed by atoms with Gasteiger partial charge in [-0.2, -0.15) is 0 Å². The molecule has 0 spiro atoms. The summed E-state index contributed by atoms with van der Waals surface area (Å²) in [4.78, 5) is 106. The SMILES string of the molecule is C[C@@H](CCCN=C(N)N)C(=O)N[C@@H](CCCN=C(N)N)C(=O)N[C@@H](CCCN=C(N)N)C(=O)N[C@@H](CCCN=C(N)N)C(=O)N[C@@H](CCCN=C(N)N)C(=O)N[C@@H](CCCN=C(N)N)C(=O)NN. The molecule has 31 nitrogen and oxygen atoms in total. The maximum Gasteiger partial charge on any atom is 0.256 e. The van der Waals surface area contributed by atoms with Gasteiger partial charge in [-0.05, 0) is 77.0 Å². The van der Waals surface area contributed by atoms with Crippen LogP contribution in [0.4, 0.5) is 0 Å². The number of rotatable bonds is 35. The van der Waals surface area contributed by atoms with Crippen LogP contribution in [0.5, 0.6) is 0 Å². The van der Waals surface area contributed by atoms with E-state index in [0.717, 1.165) is 0 Å². The number of hydrazine groups is 1. The molecule has 0 rings (SSSR count). The number of carbonyl (C=O) groups excluding carboxylic acids is 6. The van der Waals surface area contributed by atoms with Gasteiger partial charge in [0.25, 0.3) is 5.91 Å². The molecule has 0 radical (unpaired) electrons. The lowest BCUT2D eigenvalue weighted by molar-refractivity contribution is -0.135.